The highest BCUT2D eigenvalue weighted by Crippen LogP contribution is 2.42. The van der Waals surface area contributed by atoms with Gasteiger partial charge in [-0.15, -0.1) is 0 Å². The van der Waals surface area contributed by atoms with Crippen molar-refractivity contribution in [1.29, 1.82) is 0 Å². The molecule has 10 heteroatoms. The second kappa shape index (κ2) is 32.0. The molecule has 0 aromatic rings. The van der Waals surface area contributed by atoms with Gasteiger partial charge in [-0.2, -0.15) is 0 Å². The number of phosphoric ester groups is 1. The zero-order chi connectivity index (χ0) is 32.6. The van der Waals surface area contributed by atoms with Crippen molar-refractivity contribution in [2.24, 2.45) is 0 Å². The van der Waals surface area contributed by atoms with E-state index in [0.717, 1.165) is 38.5 Å². The lowest BCUT2D eigenvalue weighted by Gasteiger charge is -2.15. The molecule has 2 atom stereocenters. The van der Waals surface area contributed by atoms with Gasteiger partial charge in [0, 0.05) is 19.4 Å². The van der Waals surface area contributed by atoms with Gasteiger partial charge >= 0.3 is 13.8 Å². The number of aliphatic hydroxyl groups is 1. The van der Waals surface area contributed by atoms with Crippen molar-refractivity contribution in [2.45, 2.75) is 180 Å². The van der Waals surface area contributed by atoms with Crippen LogP contribution in [0, 0.1) is 0 Å². The molecule has 0 aromatic carbocycles. The number of aliphatic hydroxyl groups excluding tert-OH is 1. The zero-order valence-electron chi connectivity index (χ0n) is 28.4. The topological polar surface area (TPSA) is 131 Å². The Morgan fingerprint density at radius 1 is 0.614 bits per heavy atom. The van der Waals surface area contributed by atoms with E-state index in [1.807, 2.05) is 0 Å². The van der Waals surface area contributed by atoms with Gasteiger partial charge in [0.2, 0.25) is 5.91 Å². The molecule has 44 heavy (non-hydrogen) atoms. The lowest BCUT2D eigenvalue weighted by Crippen LogP contribution is -2.27. The predicted molar refractivity (Wildman–Crippen MR) is 178 cm³/mol. The van der Waals surface area contributed by atoms with E-state index >= 15 is 0 Å². The van der Waals surface area contributed by atoms with Gasteiger partial charge in [-0.3, -0.25) is 18.6 Å². The first-order valence-corrected chi connectivity index (χ1v) is 19.5. The Bertz CT molecular complexity index is 709. The molecule has 0 aliphatic heterocycles. The molecule has 3 N–H and O–H groups in total. The van der Waals surface area contributed by atoms with Crippen molar-refractivity contribution in [3.63, 3.8) is 0 Å². The third-order valence-corrected chi connectivity index (χ3v) is 8.77. The minimum atomic E-state index is -4.40. The van der Waals surface area contributed by atoms with Crippen molar-refractivity contribution in [3.8, 4) is 0 Å². The molecule has 0 radical (unpaired) electrons. The molecule has 0 bridgehead atoms. The monoisotopic (exact) mass is 649 g/mol. The van der Waals surface area contributed by atoms with Crippen molar-refractivity contribution in [1.82, 2.24) is 5.32 Å². The quantitative estimate of drug-likeness (QED) is 0.0358. The van der Waals surface area contributed by atoms with Crippen molar-refractivity contribution < 1.29 is 37.9 Å². The van der Waals surface area contributed by atoms with Gasteiger partial charge in [0.25, 0.3) is 0 Å². The minimum absolute atomic E-state index is 0.0877. The third kappa shape index (κ3) is 32.4. The van der Waals surface area contributed by atoms with Crippen LogP contribution in [0.1, 0.15) is 174 Å². The lowest BCUT2D eigenvalue weighted by molar-refractivity contribution is -0.147. The van der Waals surface area contributed by atoms with Gasteiger partial charge < -0.3 is 20.1 Å². The Hall–Kier alpha value is -0.990. The summed E-state index contributed by atoms with van der Waals surface area (Å²) in [5, 5.41) is 12.6. The SMILES string of the molecule is CCCCCCCCCCCCCCCCC(=O)NCCOP(=O)(O)OCC(O)COC(=O)CCCCCCCCCCC. The summed E-state index contributed by atoms with van der Waals surface area (Å²) in [6, 6.07) is 0. The van der Waals surface area contributed by atoms with Crippen LogP contribution in [0.2, 0.25) is 0 Å². The average molecular weight is 650 g/mol. The second-order valence-electron chi connectivity index (χ2n) is 12.2. The molecule has 0 heterocycles. The molecule has 0 aliphatic rings. The normalized spacial score (nSPS) is 13.5. The first-order valence-electron chi connectivity index (χ1n) is 18.0. The largest absolute Gasteiger partial charge is 0.472 e. The number of rotatable bonds is 34. The van der Waals surface area contributed by atoms with Gasteiger partial charge in [-0.25, -0.2) is 4.57 Å². The number of ether oxygens (including phenoxy) is 1. The van der Waals surface area contributed by atoms with Gasteiger partial charge in [-0.1, -0.05) is 149 Å². The number of esters is 1. The maximum atomic E-state index is 12.0. The van der Waals surface area contributed by atoms with Crippen LogP contribution in [-0.2, 0) is 27.9 Å². The van der Waals surface area contributed by atoms with Gasteiger partial charge in [0.1, 0.15) is 12.7 Å². The standard InChI is InChI=1S/C34H68NO8P/c1-3-5-7-9-11-13-14-15-16-17-19-20-22-24-26-33(37)35-28-29-42-44(39,40)43-31-32(36)30-41-34(38)27-25-23-21-18-12-10-8-6-4-2/h32,36H,3-31H2,1-2H3,(H,35,37)(H,39,40). The Labute approximate surface area is 269 Å². The molecule has 0 spiro atoms. The maximum absolute atomic E-state index is 12.0. The van der Waals surface area contributed by atoms with E-state index in [4.69, 9.17) is 13.8 Å². The number of hydrogen-bond acceptors (Lipinski definition) is 7. The Balaban J connectivity index is 3.60. The summed E-state index contributed by atoms with van der Waals surface area (Å²) in [6.45, 7) is 3.53. The van der Waals surface area contributed by atoms with E-state index in [-0.39, 0.29) is 32.1 Å². The zero-order valence-corrected chi connectivity index (χ0v) is 29.3. The van der Waals surface area contributed by atoms with E-state index in [1.165, 1.54) is 109 Å². The first kappa shape index (κ1) is 43.0. The number of unbranched alkanes of at least 4 members (excludes halogenated alkanes) is 21. The number of hydrogen-bond donors (Lipinski definition) is 3. The van der Waals surface area contributed by atoms with E-state index in [2.05, 4.69) is 19.2 Å². The molecule has 0 aromatic heterocycles. The van der Waals surface area contributed by atoms with Crippen LogP contribution >= 0.6 is 7.82 Å². The molecule has 2 unspecified atom stereocenters. The fourth-order valence-corrected chi connectivity index (χ4v) is 5.78. The summed E-state index contributed by atoms with van der Waals surface area (Å²) in [7, 11) is -4.40. The van der Waals surface area contributed by atoms with Crippen molar-refractivity contribution in [3.05, 3.63) is 0 Å². The molecule has 0 aliphatic carbocycles. The van der Waals surface area contributed by atoms with Crippen molar-refractivity contribution in [2.75, 3.05) is 26.4 Å². The lowest BCUT2D eigenvalue weighted by atomic mass is 10.0. The van der Waals surface area contributed by atoms with E-state index < -0.39 is 26.5 Å². The molecular formula is C34H68NO8P. The summed E-state index contributed by atoms with van der Waals surface area (Å²) < 4.78 is 26.7. The van der Waals surface area contributed by atoms with Crippen LogP contribution in [0.25, 0.3) is 0 Å². The highest BCUT2D eigenvalue weighted by molar-refractivity contribution is 7.47. The number of carbonyl (C=O) groups is 2. The fraction of sp³-hybridized carbons (Fsp3) is 0.941. The fourth-order valence-electron chi connectivity index (χ4n) is 5.03. The summed E-state index contributed by atoms with van der Waals surface area (Å²) in [5.41, 5.74) is 0. The summed E-state index contributed by atoms with van der Waals surface area (Å²) in [4.78, 5) is 33.6. The van der Waals surface area contributed by atoms with E-state index in [9.17, 15) is 24.2 Å². The average Bonchev–Trinajstić information content (AvgIpc) is 3.00. The highest BCUT2D eigenvalue weighted by atomic mass is 31.2. The molecule has 9 nitrogen and oxygen atoms in total. The Morgan fingerprint density at radius 2 is 1.02 bits per heavy atom. The summed E-state index contributed by atoms with van der Waals surface area (Å²) in [6.07, 6.45) is 27.5. The molecular weight excluding hydrogens is 581 g/mol. The molecule has 0 saturated carbocycles. The van der Waals surface area contributed by atoms with Crippen molar-refractivity contribution >= 4 is 19.7 Å². The van der Waals surface area contributed by atoms with Crippen LogP contribution in [0.3, 0.4) is 0 Å². The minimum Gasteiger partial charge on any atom is -0.463 e. The Kier molecular flexibility index (Phi) is 31.3. The van der Waals surface area contributed by atoms with Crippen LogP contribution < -0.4 is 5.32 Å². The maximum Gasteiger partial charge on any atom is 0.472 e. The van der Waals surface area contributed by atoms with Crippen LogP contribution in [0.15, 0.2) is 0 Å². The van der Waals surface area contributed by atoms with Crippen LogP contribution in [-0.4, -0.2) is 54.3 Å². The predicted octanol–water partition coefficient (Wildman–Crippen LogP) is 8.93. The molecule has 0 rings (SSSR count). The van der Waals surface area contributed by atoms with E-state index in [1.54, 1.807) is 0 Å². The van der Waals surface area contributed by atoms with Gasteiger partial charge in [0.05, 0.1) is 13.2 Å². The molecule has 262 valence electrons. The molecule has 1 amide bonds. The van der Waals surface area contributed by atoms with Gasteiger partial charge in [-0.05, 0) is 12.8 Å². The van der Waals surface area contributed by atoms with E-state index in [0.29, 0.717) is 6.42 Å². The smallest absolute Gasteiger partial charge is 0.463 e. The highest BCUT2D eigenvalue weighted by Gasteiger charge is 2.23. The second-order valence-corrected chi connectivity index (χ2v) is 13.7. The Morgan fingerprint density at radius 3 is 1.48 bits per heavy atom. The number of carbonyl (C=O) groups excluding carboxylic acids is 2. The third-order valence-electron chi connectivity index (χ3n) is 7.79. The number of amides is 1. The molecule has 0 fully saturated rings. The van der Waals surface area contributed by atoms with Crippen LogP contribution in [0.4, 0.5) is 0 Å². The number of phosphoric acid groups is 1. The van der Waals surface area contributed by atoms with Crippen LogP contribution in [0.5, 0.6) is 0 Å². The van der Waals surface area contributed by atoms with Gasteiger partial charge in [0.15, 0.2) is 0 Å². The first-order chi connectivity index (χ1) is 21.3. The summed E-state index contributed by atoms with van der Waals surface area (Å²) in [5.74, 6) is -0.513. The molecule has 0 saturated heterocycles. The number of nitrogens with one attached hydrogen (secondary N) is 1. The summed E-state index contributed by atoms with van der Waals surface area (Å²) >= 11 is 0.